The molecule has 2 heterocycles. The Kier molecular flexibility index (Phi) is 5.06. The molecule has 5 N–H and O–H groups in total. The van der Waals surface area contributed by atoms with Gasteiger partial charge in [0.15, 0.2) is 0 Å². The maximum atomic E-state index is 9.41. The van der Waals surface area contributed by atoms with Gasteiger partial charge in [-0.25, -0.2) is 4.98 Å². The standard InChI is InChI=1S/C17H24N4OS/c1-5-6-11(18)15-10(2)14-16(23-15)12(7-13(19)21-14)20-8-17(3,4)9-22/h5-7,18,22H,8-9H2,1-4H3,(H3,19,20,21)/b6-5-,18-11?. The van der Waals surface area contributed by atoms with E-state index >= 15 is 0 Å². The number of allylic oxidation sites excluding steroid dienone is 2. The maximum Gasteiger partial charge on any atom is 0.126 e. The number of nitrogens with two attached hydrogens (primary N) is 1. The van der Waals surface area contributed by atoms with Crippen LogP contribution in [0.1, 0.15) is 31.2 Å². The fourth-order valence-electron chi connectivity index (χ4n) is 2.22. The van der Waals surface area contributed by atoms with Gasteiger partial charge in [0.25, 0.3) is 0 Å². The first-order valence-electron chi connectivity index (χ1n) is 7.55. The highest BCUT2D eigenvalue weighted by Gasteiger charge is 2.19. The molecule has 0 saturated carbocycles. The number of rotatable bonds is 6. The molecule has 0 fully saturated rings. The van der Waals surface area contributed by atoms with E-state index < -0.39 is 0 Å². The van der Waals surface area contributed by atoms with Crippen LogP contribution < -0.4 is 11.1 Å². The second-order valence-electron chi connectivity index (χ2n) is 6.42. The number of anilines is 2. The molecule has 6 heteroatoms. The molecule has 0 spiro atoms. The Balaban J connectivity index is 2.49. The molecule has 23 heavy (non-hydrogen) atoms. The zero-order valence-electron chi connectivity index (χ0n) is 14.0. The summed E-state index contributed by atoms with van der Waals surface area (Å²) >= 11 is 1.55. The van der Waals surface area contributed by atoms with E-state index in [-0.39, 0.29) is 12.0 Å². The van der Waals surface area contributed by atoms with Crippen LogP contribution in [0.4, 0.5) is 11.5 Å². The molecule has 0 atom stereocenters. The van der Waals surface area contributed by atoms with Crippen LogP contribution in [-0.2, 0) is 0 Å². The first kappa shape index (κ1) is 17.4. The van der Waals surface area contributed by atoms with Crippen molar-refractivity contribution in [3.8, 4) is 0 Å². The number of pyridine rings is 1. The molecular formula is C17H24N4OS. The first-order chi connectivity index (χ1) is 10.8. The van der Waals surface area contributed by atoms with Crippen molar-refractivity contribution in [2.24, 2.45) is 5.41 Å². The molecule has 2 aromatic heterocycles. The number of nitrogen functional groups attached to an aromatic ring is 1. The molecule has 0 aliphatic carbocycles. The number of fused-ring (bicyclic) bond motifs is 1. The van der Waals surface area contributed by atoms with E-state index in [4.69, 9.17) is 11.1 Å². The predicted molar refractivity (Wildman–Crippen MR) is 99.8 cm³/mol. The lowest BCUT2D eigenvalue weighted by atomic mass is 9.95. The Hall–Kier alpha value is -1.92. The minimum absolute atomic E-state index is 0.102. The number of aryl methyl sites for hydroxylation is 1. The highest BCUT2D eigenvalue weighted by Crippen LogP contribution is 2.36. The zero-order valence-corrected chi connectivity index (χ0v) is 14.8. The normalized spacial score (nSPS) is 12.2. The van der Waals surface area contributed by atoms with Gasteiger partial charge in [-0.2, -0.15) is 0 Å². The van der Waals surface area contributed by atoms with Gasteiger partial charge in [0.1, 0.15) is 5.82 Å². The van der Waals surface area contributed by atoms with Crippen LogP contribution in [0.25, 0.3) is 10.2 Å². The van der Waals surface area contributed by atoms with Crippen LogP contribution in [-0.4, -0.2) is 29.0 Å². The zero-order chi connectivity index (χ0) is 17.2. The third kappa shape index (κ3) is 3.71. The second kappa shape index (κ2) is 6.68. The average molecular weight is 332 g/mol. The van der Waals surface area contributed by atoms with Crippen LogP contribution >= 0.6 is 11.3 Å². The summed E-state index contributed by atoms with van der Waals surface area (Å²) in [5, 5.41) is 21.0. The molecule has 5 nitrogen and oxygen atoms in total. The number of thiophene rings is 1. The van der Waals surface area contributed by atoms with Crippen molar-refractivity contribution >= 4 is 38.8 Å². The maximum absolute atomic E-state index is 9.41. The van der Waals surface area contributed by atoms with Crippen molar-refractivity contribution in [2.45, 2.75) is 27.7 Å². The highest BCUT2D eigenvalue weighted by atomic mass is 32.1. The third-order valence-electron chi connectivity index (χ3n) is 3.66. The van der Waals surface area contributed by atoms with E-state index in [9.17, 15) is 5.11 Å². The summed E-state index contributed by atoms with van der Waals surface area (Å²) in [5.74, 6) is 0.451. The summed E-state index contributed by atoms with van der Waals surface area (Å²) in [5.41, 5.74) is 8.92. The first-order valence-corrected chi connectivity index (χ1v) is 8.36. The van der Waals surface area contributed by atoms with Crippen LogP contribution in [0.3, 0.4) is 0 Å². The molecule has 0 bridgehead atoms. The Morgan fingerprint density at radius 2 is 2.22 bits per heavy atom. The number of aliphatic hydroxyl groups is 1. The molecule has 0 aliphatic heterocycles. The summed E-state index contributed by atoms with van der Waals surface area (Å²) in [6, 6.07) is 1.81. The predicted octanol–water partition coefficient (Wildman–Crippen LogP) is 3.56. The minimum atomic E-state index is -0.225. The van der Waals surface area contributed by atoms with Crippen LogP contribution in [0.5, 0.6) is 0 Å². The quantitative estimate of drug-likeness (QED) is 0.608. The van der Waals surface area contributed by atoms with Crippen molar-refractivity contribution in [1.29, 1.82) is 5.41 Å². The van der Waals surface area contributed by atoms with E-state index in [0.717, 1.165) is 26.3 Å². The van der Waals surface area contributed by atoms with Gasteiger partial charge in [0, 0.05) is 24.6 Å². The van der Waals surface area contributed by atoms with Crippen molar-refractivity contribution < 1.29 is 5.11 Å². The molecule has 2 aromatic rings. The fraction of sp³-hybridized carbons (Fsp3) is 0.412. The largest absolute Gasteiger partial charge is 0.396 e. The summed E-state index contributed by atoms with van der Waals surface area (Å²) < 4.78 is 0.995. The lowest BCUT2D eigenvalue weighted by Crippen LogP contribution is -2.26. The monoisotopic (exact) mass is 332 g/mol. The van der Waals surface area contributed by atoms with Crippen molar-refractivity contribution in [3.63, 3.8) is 0 Å². The molecule has 2 rings (SSSR count). The topological polar surface area (TPSA) is 95.0 Å². The molecule has 0 radical (unpaired) electrons. The molecular weight excluding hydrogens is 308 g/mol. The minimum Gasteiger partial charge on any atom is -0.396 e. The fourth-order valence-corrected chi connectivity index (χ4v) is 3.39. The van der Waals surface area contributed by atoms with E-state index in [2.05, 4.69) is 10.3 Å². The molecule has 0 aromatic carbocycles. The van der Waals surface area contributed by atoms with Gasteiger partial charge < -0.3 is 16.2 Å². The van der Waals surface area contributed by atoms with Gasteiger partial charge in [0.2, 0.25) is 0 Å². The molecule has 0 saturated heterocycles. The molecule has 124 valence electrons. The van der Waals surface area contributed by atoms with Crippen molar-refractivity contribution in [2.75, 3.05) is 24.2 Å². The molecule has 0 aliphatic rings. The summed E-state index contributed by atoms with van der Waals surface area (Å²) in [6.07, 6.45) is 3.64. The van der Waals surface area contributed by atoms with E-state index in [1.807, 2.05) is 39.8 Å². The number of aliphatic hydroxyl groups excluding tert-OH is 1. The van der Waals surface area contributed by atoms with E-state index in [0.29, 0.717) is 18.1 Å². The van der Waals surface area contributed by atoms with Gasteiger partial charge >= 0.3 is 0 Å². The molecule has 0 unspecified atom stereocenters. The van der Waals surface area contributed by atoms with Crippen molar-refractivity contribution in [3.05, 3.63) is 28.7 Å². The summed E-state index contributed by atoms with van der Waals surface area (Å²) in [4.78, 5) is 5.35. The smallest absolute Gasteiger partial charge is 0.126 e. The number of aromatic nitrogens is 1. The number of nitrogens with zero attached hydrogens (tertiary/aromatic N) is 1. The van der Waals surface area contributed by atoms with Gasteiger partial charge in [0.05, 0.1) is 26.5 Å². The van der Waals surface area contributed by atoms with Crippen LogP contribution in [0.15, 0.2) is 18.2 Å². The van der Waals surface area contributed by atoms with Gasteiger partial charge in [-0.3, -0.25) is 5.41 Å². The Bertz CT molecular complexity index is 762. The average Bonchev–Trinajstić information content (AvgIpc) is 2.83. The lowest BCUT2D eigenvalue weighted by molar-refractivity contribution is 0.171. The van der Waals surface area contributed by atoms with E-state index in [1.54, 1.807) is 17.4 Å². The van der Waals surface area contributed by atoms with E-state index in [1.165, 1.54) is 0 Å². The molecule has 0 amide bonds. The van der Waals surface area contributed by atoms with Crippen molar-refractivity contribution in [1.82, 2.24) is 4.98 Å². The van der Waals surface area contributed by atoms with Gasteiger partial charge in [-0.15, -0.1) is 11.3 Å². The highest BCUT2D eigenvalue weighted by molar-refractivity contribution is 7.21. The van der Waals surface area contributed by atoms with Crippen LogP contribution in [0.2, 0.25) is 0 Å². The van der Waals surface area contributed by atoms with Gasteiger partial charge in [-0.1, -0.05) is 19.9 Å². The summed E-state index contributed by atoms with van der Waals surface area (Å²) in [6.45, 7) is 8.59. The Morgan fingerprint density at radius 3 is 2.83 bits per heavy atom. The Labute approximate surface area is 140 Å². The summed E-state index contributed by atoms with van der Waals surface area (Å²) in [7, 11) is 0. The SMILES string of the molecule is C/C=C\C(=N)c1sc2c(NCC(C)(C)CO)cc(N)nc2c1C. The van der Waals surface area contributed by atoms with Crippen LogP contribution in [0, 0.1) is 17.7 Å². The number of nitrogens with one attached hydrogen (secondary N) is 2. The lowest BCUT2D eigenvalue weighted by Gasteiger charge is -2.22. The number of hydrogen-bond acceptors (Lipinski definition) is 6. The third-order valence-corrected chi connectivity index (χ3v) is 5.00. The Morgan fingerprint density at radius 1 is 1.52 bits per heavy atom. The number of hydrogen-bond donors (Lipinski definition) is 4. The second-order valence-corrected chi connectivity index (χ2v) is 7.44. The van der Waals surface area contributed by atoms with Gasteiger partial charge in [-0.05, 0) is 25.5 Å².